The fourth-order valence-corrected chi connectivity index (χ4v) is 3.10. The summed E-state index contributed by atoms with van der Waals surface area (Å²) < 4.78 is 0. The lowest BCUT2D eigenvalue weighted by atomic mass is 10.0. The van der Waals surface area contributed by atoms with E-state index in [0.29, 0.717) is 6.04 Å². The van der Waals surface area contributed by atoms with E-state index in [2.05, 4.69) is 55.3 Å². The summed E-state index contributed by atoms with van der Waals surface area (Å²) in [6.45, 7) is 7.45. The van der Waals surface area contributed by atoms with E-state index in [1.807, 2.05) is 17.5 Å². The lowest BCUT2D eigenvalue weighted by Crippen LogP contribution is -2.20. The van der Waals surface area contributed by atoms with Gasteiger partial charge in [-0.3, -0.25) is 0 Å². The number of nitrogens with one attached hydrogen (secondary N) is 1. The van der Waals surface area contributed by atoms with Crippen LogP contribution in [0, 0.1) is 0 Å². The number of thiazole rings is 1. The molecule has 0 aliphatic rings. The quantitative estimate of drug-likeness (QED) is 0.811. The van der Waals surface area contributed by atoms with E-state index in [0.717, 1.165) is 25.8 Å². The Labute approximate surface area is 126 Å². The van der Waals surface area contributed by atoms with E-state index in [1.54, 1.807) is 0 Å². The zero-order chi connectivity index (χ0) is 14.4. The minimum atomic E-state index is 0.412. The first-order valence-electron chi connectivity index (χ1n) is 7.52. The van der Waals surface area contributed by atoms with Crippen molar-refractivity contribution in [1.29, 1.82) is 0 Å². The molecule has 2 nitrogen and oxygen atoms in total. The number of hydrogen-bond donors (Lipinski definition) is 1. The predicted molar refractivity (Wildman–Crippen MR) is 87.2 cm³/mol. The Morgan fingerprint density at radius 3 is 2.40 bits per heavy atom. The molecule has 3 heteroatoms. The summed E-state index contributed by atoms with van der Waals surface area (Å²) in [5, 5.41) is 4.81. The number of rotatable bonds is 7. The Morgan fingerprint density at radius 1 is 1.10 bits per heavy atom. The van der Waals surface area contributed by atoms with Gasteiger partial charge in [0.15, 0.2) is 0 Å². The van der Waals surface area contributed by atoms with E-state index in [-0.39, 0.29) is 0 Å². The van der Waals surface area contributed by atoms with Gasteiger partial charge in [-0.15, -0.1) is 11.3 Å². The van der Waals surface area contributed by atoms with Crippen LogP contribution >= 0.6 is 11.3 Å². The molecule has 1 aromatic heterocycles. The van der Waals surface area contributed by atoms with Gasteiger partial charge in [0.2, 0.25) is 0 Å². The van der Waals surface area contributed by atoms with Gasteiger partial charge in [0, 0.05) is 23.7 Å². The van der Waals surface area contributed by atoms with Gasteiger partial charge < -0.3 is 5.32 Å². The average Bonchev–Trinajstić information content (AvgIpc) is 2.96. The highest BCUT2D eigenvalue weighted by Gasteiger charge is 2.09. The second-order valence-electron chi connectivity index (χ2n) is 5.01. The van der Waals surface area contributed by atoms with Crippen LogP contribution in [0.5, 0.6) is 0 Å². The molecular formula is C17H24N2S. The first-order chi connectivity index (χ1) is 9.76. The van der Waals surface area contributed by atoms with Gasteiger partial charge in [-0.05, 0) is 30.4 Å². The summed E-state index contributed by atoms with van der Waals surface area (Å²) in [4.78, 5) is 5.83. The van der Waals surface area contributed by atoms with Crippen LogP contribution in [0.4, 0.5) is 0 Å². The average molecular weight is 288 g/mol. The third kappa shape index (κ3) is 3.90. The van der Waals surface area contributed by atoms with Gasteiger partial charge >= 0.3 is 0 Å². The summed E-state index contributed by atoms with van der Waals surface area (Å²) in [6.07, 6.45) is 5.27. The van der Waals surface area contributed by atoms with Crippen LogP contribution in [-0.2, 0) is 19.4 Å². The van der Waals surface area contributed by atoms with Crippen LogP contribution in [0.25, 0.3) is 0 Å². The van der Waals surface area contributed by atoms with Crippen LogP contribution in [-0.4, -0.2) is 4.98 Å². The second-order valence-corrected chi connectivity index (χ2v) is 6.21. The van der Waals surface area contributed by atoms with Gasteiger partial charge in [-0.25, -0.2) is 4.98 Å². The molecule has 2 aromatic rings. The van der Waals surface area contributed by atoms with Crippen LogP contribution < -0.4 is 5.32 Å². The minimum Gasteiger partial charge on any atom is -0.304 e. The summed E-state index contributed by atoms with van der Waals surface area (Å²) in [7, 11) is 0. The van der Waals surface area contributed by atoms with Crippen LogP contribution in [0.15, 0.2) is 30.5 Å². The smallest absolute Gasteiger partial charge is 0.107 e. The Morgan fingerprint density at radius 2 is 1.85 bits per heavy atom. The highest BCUT2D eigenvalue weighted by atomic mass is 32.1. The molecule has 0 fully saturated rings. The molecule has 0 radical (unpaired) electrons. The molecule has 1 N–H and O–H groups in total. The lowest BCUT2D eigenvalue weighted by Gasteiger charge is -2.17. The maximum atomic E-state index is 4.47. The number of benzene rings is 1. The highest BCUT2D eigenvalue weighted by molar-refractivity contribution is 7.11. The monoisotopic (exact) mass is 288 g/mol. The predicted octanol–water partition coefficient (Wildman–Crippen LogP) is 4.51. The fraction of sp³-hybridized carbons (Fsp3) is 0.471. The van der Waals surface area contributed by atoms with E-state index < -0.39 is 0 Å². The van der Waals surface area contributed by atoms with Crippen LogP contribution in [0.3, 0.4) is 0 Å². The third-order valence-corrected chi connectivity index (χ3v) is 4.79. The SMILES string of the molecule is CCc1ccc(C(CC)NCc2ncc(CC)s2)cc1. The highest BCUT2D eigenvalue weighted by Crippen LogP contribution is 2.19. The Bertz CT molecular complexity index is 516. The van der Waals surface area contributed by atoms with Crippen LogP contribution in [0.1, 0.15) is 54.2 Å². The van der Waals surface area contributed by atoms with E-state index in [1.165, 1.54) is 21.0 Å². The number of hydrogen-bond acceptors (Lipinski definition) is 3. The van der Waals surface area contributed by atoms with Gasteiger partial charge in [0.05, 0.1) is 0 Å². The summed E-state index contributed by atoms with van der Waals surface area (Å²) >= 11 is 1.81. The molecule has 0 amide bonds. The van der Waals surface area contributed by atoms with Crippen molar-refractivity contribution in [3.63, 3.8) is 0 Å². The number of aryl methyl sites for hydroxylation is 2. The zero-order valence-electron chi connectivity index (χ0n) is 12.6. The standard InChI is InChI=1S/C17H24N2S/c1-4-13-7-9-14(10-8-13)16(6-3)18-12-17-19-11-15(5-2)20-17/h7-11,16,18H,4-6,12H2,1-3H3. The van der Waals surface area contributed by atoms with Crippen LogP contribution in [0.2, 0.25) is 0 Å². The van der Waals surface area contributed by atoms with E-state index in [4.69, 9.17) is 0 Å². The molecule has 2 rings (SSSR count). The van der Waals surface area contributed by atoms with Crippen molar-refractivity contribution in [3.8, 4) is 0 Å². The molecule has 1 heterocycles. The molecule has 1 aromatic carbocycles. The third-order valence-electron chi connectivity index (χ3n) is 3.65. The maximum Gasteiger partial charge on any atom is 0.107 e. The van der Waals surface area contributed by atoms with Gasteiger partial charge in [0.1, 0.15) is 5.01 Å². The van der Waals surface area contributed by atoms with Crippen molar-refractivity contribution in [3.05, 3.63) is 51.5 Å². The fourth-order valence-electron chi connectivity index (χ4n) is 2.29. The topological polar surface area (TPSA) is 24.9 Å². The first kappa shape index (κ1) is 15.2. The molecular weight excluding hydrogens is 264 g/mol. The van der Waals surface area contributed by atoms with Gasteiger partial charge in [-0.1, -0.05) is 45.0 Å². The van der Waals surface area contributed by atoms with E-state index >= 15 is 0 Å². The number of aromatic nitrogens is 1. The summed E-state index contributed by atoms with van der Waals surface area (Å²) in [6, 6.07) is 9.38. The van der Waals surface area contributed by atoms with Crippen molar-refractivity contribution >= 4 is 11.3 Å². The van der Waals surface area contributed by atoms with Crippen molar-refractivity contribution < 1.29 is 0 Å². The van der Waals surface area contributed by atoms with Crippen molar-refractivity contribution in [2.24, 2.45) is 0 Å². The molecule has 0 saturated carbocycles. The Hall–Kier alpha value is -1.19. The molecule has 0 aliphatic heterocycles. The molecule has 1 atom stereocenters. The van der Waals surface area contributed by atoms with Gasteiger partial charge in [0.25, 0.3) is 0 Å². The molecule has 0 bridgehead atoms. The zero-order valence-corrected chi connectivity index (χ0v) is 13.5. The molecule has 1 unspecified atom stereocenters. The van der Waals surface area contributed by atoms with Crippen molar-refractivity contribution in [2.45, 2.75) is 52.6 Å². The maximum absolute atomic E-state index is 4.47. The molecule has 0 saturated heterocycles. The Kier molecular flexibility index (Phi) is 5.74. The molecule has 0 spiro atoms. The molecule has 108 valence electrons. The van der Waals surface area contributed by atoms with Gasteiger partial charge in [-0.2, -0.15) is 0 Å². The minimum absolute atomic E-state index is 0.412. The van der Waals surface area contributed by atoms with Crippen molar-refractivity contribution in [2.75, 3.05) is 0 Å². The molecule has 0 aliphatic carbocycles. The molecule has 20 heavy (non-hydrogen) atoms. The van der Waals surface area contributed by atoms with E-state index in [9.17, 15) is 0 Å². The largest absolute Gasteiger partial charge is 0.304 e. The summed E-state index contributed by atoms with van der Waals surface area (Å²) in [5.41, 5.74) is 2.77. The number of nitrogens with zero attached hydrogens (tertiary/aromatic N) is 1. The Balaban J connectivity index is 1.97. The second kappa shape index (κ2) is 7.55. The first-order valence-corrected chi connectivity index (χ1v) is 8.34. The lowest BCUT2D eigenvalue weighted by molar-refractivity contribution is 0.518. The normalized spacial score (nSPS) is 12.6. The summed E-state index contributed by atoms with van der Waals surface area (Å²) in [5.74, 6) is 0. The van der Waals surface area contributed by atoms with Crippen molar-refractivity contribution in [1.82, 2.24) is 10.3 Å².